The molecule has 0 aliphatic rings. The summed E-state index contributed by atoms with van der Waals surface area (Å²) >= 11 is 0. The number of hydrogen-bond donors (Lipinski definition) is 1. The lowest BCUT2D eigenvalue weighted by molar-refractivity contribution is 0.166. The van der Waals surface area contributed by atoms with Crippen molar-refractivity contribution >= 4 is 8.60 Å². The predicted molar refractivity (Wildman–Crippen MR) is 92.3 cm³/mol. The Hall–Kier alpha value is 0.310. The van der Waals surface area contributed by atoms with Gasteiger partial charge < -0.3 is 13.9 Å². The Labute approximate surface area is 133 Å². The van der Waals surface area contributed by atoms with E-state index in [1.165, 1.54) is 57.8 Å². The van der Waals surface area contributed by atoms with Crippen molar-refractivity contribution in [3.05, 3.63) is 0 Å². The topological polar surface area (TPSA) is 38.7 Å². The van der Waals surface area contributed by atoms with Crippen molar-refractivity contribution < 1.29 is 13.9 Å². The molecule has 0 amide bonds. The van der Waals surface area contributed by atoms with E-state index < -0.39 is 8.60 Å². The molecule has 0 saturated carbocycles. The summed E-state index contributed by atoms with van der Waals surface area (Å²) in [5.74, 6) is 0.560. The number of unbranched alkanes of at least 4 members (excludes halogenated alkanes) is 7. The first-order valence-corrected chi connectivity index (χ1v) is 10.1. The van der Waals surface area contributed by atoms with Gasteiger partial charge in [-0.1, -0.05) is 78.6 Å². The average molecular weight is 320 g/mol. The summed E-state index contributed by atoms with van der Waals surface area (Å²) in [5.41, 5.74) is 0. The maximum atomic E-state index is 9.71. The highest BCUT2D eigenvalue weighted by molar-refractivity contribution is 7.40. The summed E-state index contributed by atoms with van der Waals surface area (Å²) in [7, 11) is -1.66. The Morgan fingerprint density at radius 2 is 1.43 bits per heavy atom. The van der Waals surface area contributed by atoms with Crippen LogP contribution in [0.15, 0.2) is 0 Å². The second-order valence-corrected chi connectivity index (χ2v) is 6.90. The summed E-state index contributed by atoms with van der Waals surface area (Å²) in [6.07, 6.45) is 13.6. The Balaban J connectivity index is 3.38. The smallest absolute Gasteiger partial charge is 0.328 e. The molecule has 0 aromatic rings. The first-order chi connectivity index (χ1) is 10.2. The summed E-state index contributed by atoms with van der Waals surface area (Å²) in [6.45, 7) is 7.89. The molecule has 0 rings (SSSR count). The molecule has 0 aliphatic heterocycles. The van der Waals surface area contributed by atoms with Crippen LogP contribution in [0.1, 0.15) is 91.4 Å². The van der Waals surface area contributed by atoms with Gasteiger partial charge in [-0.3, -0.25) is 0 Å². The van der Waals surface area contributed by atoms with Gasteiger partial charge in [-0.25, -0.2) is 0 Å². The molecule has 3 nitrogen and oxygen atoms in total. The van der Waals surface area contributed by atoms with Gasteiger partial charge in [-0.05, 0) is 18.8 Å². The maximum absolute atomic E-state index is 9.71. The second-order valence-electron chi connectivity index (χ2n) is 5.90. The number of rotatable bonds is 16. The van der Waals surface area contributed by atoms with Crippen molar-refractivity contribution in [3.8, 4) is 0 Å². The van der Waals surface area contributed by atoms with E-state index in [2.05, 4.69) is 20.8 Å². The molecule has 128 valence electrons. The molecule has 1 N–H and O–H groups in total. The summed E-state index contributed by atoms with van der Waals surface area (Å²) < 4.78 is 10.8. The highest BCUT2D eigenvalue weighted by atomic mass is 31.2. The van der Waals surface area contributed by atoms with Crippen LogP contribution in [-0.4, -0.2) is 18.1 Å². The van der Waals surface area contributed by atoms with E-state index in [1.54, 1.807) is 0 Å². The molecule has 0 fully saturated rings. The molecule has 0 aliphatic carbocycles. The number of hydrogen-bond acceptors (Lipinski definition) is 3. The largest absolute Gasteiger partial charge is 0.329 e. The molecule has 0 heterocycles. The molecule has 0 bridgehead atoms. The fourth-order valence-electron chi connectivity index (χ4n) is 2.31. The van der Waals surface area contributed by atoms with Crippen LogP contribution in [-0.2, 0) is 9.05 Å². The Morgan fingerprint density at radius 3 is 2.05 bits per heavy atom. The first kappa shape index (κ1) is 21.3. The molecule has 4 heteroatoms. The Kier molecular flexibility index (Phi) is 16.9. The van der Waals surface area contributed by atoms with E-state index in [0.717, 1.165) is 12.8 Å². The normalized spacial score (nSPS) is 14.3. The average Bonchev–Trinajstić information content (AvgIpc) is 2.50. The third-order valence-corrected chi connectivity index (χ3v) is 4.69. The second kappa shape index (κ2) is 16.7. The van der Waals surface area contributed by atoms with Crippen molar-refractivity contribution in [3.63, 3.8) is 0 Å². The van der Waals surface area contributed by atoms with Crippen LogP contribution in [0.5, 0.6) is 0 Å². The molecule has 0 saturated heterocycles. The minimum absolute atomic E-state index is 0.560. The Morgan fingerprint density at radius 1 is 0.810 bits per heavy atom. The van der Waals surface area contributed by atoms with Crippen LogP contribution >= 0.6 is 8.60 Å². The molecule has 2 unspecified atom stereocenters. The monoisotopic (exact) mass is 320 g/mol. The minimum atomic E-state index is -1.66. The molecule has 0 spiro atoms. The van der Waals surface area contributed by atoms with Crippen LogP contribution in [0.3, 0.4) is 0 Å². The van der Waals surface area contributed by atoms with Crippen LogP contribution in [0.2, 0.25) is 0 Å². The zero-order chi connectivity index (χ0) is 15.8. The molecule has 2 atom stereocenters. The predicted octanol–water partition coefficient (Wildman–Crippen LogP) is 6.21. The van der Waals surface area contributed by atoms with Crippen LogP contribution < -0.4 is 0 Å². The van der Waals surface area contributed by atoms with Gasteiger partial charge >= 0.3 is 8.60 Å². The third kappa shape index (κ3) is 15.0. The SMILES string of the molecule is CCCCCCCCCOP(O)OCC(CC)CCCC. The van der Waals surface area contributed by atoms with Gasteiger partial charge in [0.15, 0.2) is 0 Å². The van der Waals surface area contributed by atoms with Gasteiger partial charge in [0.05, 0.1) is 13.2 Å². The zero-order valence-electron chi connectivity index (χ0n) is 14.5. The van der Waals surface area contributed by atoms with Crippen molar-refractivity contribution in [1.82, 2.24) is 0 Å². The molecule has 0 aromatic heterocycles. The fraction of sp³-hybridized carbons (Fsp3) is 1.00. The standard InChI is InChI=1S/C17H37O3P/c1-4-7-9-10-11-12-13-15-19-21(18)20-16-17(6-3)14-8-5-2/h17-18H,4-16H2,1-3H3. The lowest BCUT2D eigenvalue weighted by Gasteiger charge is -2.16. The molecular weight excluding hydrogens is 283 g/mol. The van der Waals surface area contributed by atoms with E-state index in [1.807, 2.05) is 0 Å². The lowest BCUT2D eigenvalue weighted by Crippen LogP contribution is -2.07. The van der Waals surface area contributed by atoms with Crippen LogP contribution in [0.4, 0.5) is 0 Å². The summed E-state index contributed by atoms with van der Waals surface area (Å²) in [4.78, 5) is 9.71. The van der Waals surface area contributed by atoms with Gasteiger partial charge in [-0.2, -0.15) is 0 Å². The molecule has 0 radical (unpaired) electrons. The third-order valence-electron chi connectivity index (χ3n) is 3.91. The van der Waals surface area contributed by atoms with Gasteiger partial charge in [0.1, 0.15) is 0 Å². The highest BCUT2D eigenvalue weighted by Crippen LogP contribution is 2.34. The molecular formula is C17H37O3P. The fourth-order valence-corrected chi connectivity index (χ4v) is 3.00. The van der Waals surface area contributed by atoms with Gasteiger partial charge in [0.2, 0.25) is 0 Å². The minimum Gasteiger partial charge on any atom is -0.328 e. The molecule has 0 aromatic carbocycles. The van der Waals surface area contributed by atoms with Crippen molar-refractivity contribution in [2.45, 2.75) is 91.4 Å². The summed E-state index contributed by atoms with van der Waals surface area (Å²) in [5, 5.41) is 0. The lowest BCUT2D eigenvalue weighted by atomic mass is 10.0. The van der Waals surface area contributed by atoms with Crippen molar-refractivity contribution in [2.24, 2.45) is 5.92 Å². The van der Waals surface area contributed by atoms with E-state index >= 15 is 0 Å². The van der Waals surface area contributed by atoms with Gasteiger partial charge in [-0.15, -0.1) is 0 Å². The highest BCUT2D eigenvalue weighted by Gasteiger charge is 2.11. The van der Waals surface area contributed by atoms with Crippen molar-refractivity contribution in [2.75, 3.05) is 13.2 Å². The van der Waals surface area contributed by atoms with E-state index in [0.29, 0.717) is 19.1 Å². The molecule has 21 heavy (non-hydrogen) atoms. The van der Waals surface area contributed by atoms with Gasteiger partial charge in [0, 0.05) is 0 Å². The van der Waals surface area contributed by atoms with Crippen molar-refractivity contribution in [1.29, 1.82) is 0 Å². The van der Waals surface area contributed by atoms with E-state index in [-0.39, 0.29) is 0 Å². The van der Waals surface area contributed by atoms with Crippen LogP contribution in [0.25, 0.3) is 0 Å². The first-order valence-electron chi connectivity index (χ1n) is 8.99. The van der Waals surface area contributed by atoms with Crippen LogP contribution in [0, 0.1) is 5.92 Å². The zero-order valence-corrected chi connectivity index (χ0v) is 15.4. The van der Waals surface area contributed by atoms with Gasteiger partial charge in [0.25, 0.3) is 0 Å². The quantitative estimate of drug-likeness (QED) is 0.271. The van der Waals surface area contributed by atoms with E-state index in [9.17, 15) is 4.89 Å². The maximum Gasteiger partial charge on any atom is 0.329 e. The van der Waals surface area contributed by atoms with E-state index in [4.69, 9.17) is 9.05 Å². The summed E-state index contributed by atoms with van der Waals surface area (Å²) in [6, 6.07) is 0. The Bertz CT molecular complexity index is 202.